The average molecular weight is 414 g/mol. The molecule has 2 aromatic carbocycles. The van der Waals surface area contributed by atoms with Crippen LogP contribution in [0.15, 0.2) is 53.9 Å². The van der Waals surface area contributed by atoms with Crippen LogP contribution in [0, 0.1) is 19.7 Å². The largest absolute Gasteiger partial charge is 0.494 e. The van der Waals surface area contributed by atoms with Gasteiger partial charge < -0.3 is 9.64 Å². The summed E-state index contributed by atoms with van der Waals surface area (Å²) in [5.74, 6) is -0.0501. The monoisotopic (exact) mass is 413 g/mol. The first-order valence-corrected chi connectivity index (χ1v) is 10.2. The summed E-state index contributed by atoms with van der Waals surface area (Å²) >= 11 is 1.39. The van der Waals surface area contributed by atoms with E-state index in [2.05, 4.69) is 24.9 Å². The van der Waals surface area contributed by atoms with Crippen molar-refractivity contribution in [3.63, 3.8) is 0 Å². The van der Waals surface area contributed by atoms with Crippen molar-refractivity contribution in [3.05, 3.63) is 71.3 Å². The summed E-state index contributed by atoms with van der Waals surface area (Å²) < 4.78 is 20.8. The predicted octanol–water partition coefficient (Wildman–Crippen LogP) is 4.39. The molecule has 1 amide bonds. The fraction of sp³-hybridized carbons (Fsp3) is 0.273. The number of carbonyl (C=O) groups excluding carboxylic acids is 1. The molecular weight excluding hydrogens is 389 g/mol. The van der Waals surface area contributed by atoms with Crippen molar-refractivity contribution in [2.75, 3.05) is 19.9 Å². The topological polar surface area (TPSA) is 47.4 Å². The summed E-state index contributed by atoms with van der Waals surface area (Å²) in [4.78, 5) is 18.6. The number of ether oxygens (including phenoxy) is 1. The van der Waals surface area contributed by atoms with Crippen LogP contribution in [0.1, 0.15) is 16.7 Å². The van der Waals surface area contributed by atoms with Crippen molar-refractivity contribution >= 4 is 17.7 Å². The molecule has 3 aromatic rings. The Bertz CT molecular complexity index is 1020. The van der Waals surface area contributed by atoms with E-state index in [4.69, 9.17) is 4.74 Å². The van der Waals surface area contributed by atoms with Gasteiger partial charge in [0.25, 0.3) is 0 Å². The molecule has 0 unspecified atom stereocenters. The van der Waals surface area contributed by atoms with Gasteiger partial charge in [-0.05, 0) is 48.7 Å². The lowest BCUT2D eigenvalue weighted by molar-refractivity contribution is -0.127. The standard InChI is InChI=1S/C22H24FN3O2S/c1-15-6-5-7-19(16(15)2)26-11-10-24-22(26)29-14-21(27)25(3)13-17-8-9-20(28-4)18(23)12-17/h5-12H,13-14H2,1-4H3. The lowest BCUT2D eigenvalue weighted by Crippen LogP contribution is -2.28. The first kappa shape index (κ1) is 20.9. The molecule has 0 aliphatic rings. The number of amides is 1. The van der Waals surface area contributed by atoms with Crippen LogP contribution < -0.4 is 4.74 Å². The van der Waals surface area contributed by atoms with E-state index >= 15 is 0 Å². The van der Waals surface area contributed by atoms with E-state index in [1.807, 2.05) is 22.9 Å². The predicted molar refractivity (Wildman–Crippen MR) is 113 cm³/mol. The number of benzene rings is 2. The van der Waals surface area contributed by atoms with Gasteiger partial charge in [-0.15, -0.1) is 0 Å². The van der Waals surface area contributed by atoms with Crippen LogP contribution in [0.4, 0.5) is 4.39 Å². The van der Waals surface area contributed by atoms with Crippen molar-refractivity contribution in [3.8, 4) is 11.4 Å². The van der Waals surface area contributed by atoms with Gasteiger partial charge in [0.15, 0.2) is 16.7 Å². The Hall–Kier alpha value is -2.80. The first-order chi connectivity index (χ1) is 13.9. The molecule has 0 aliphatic heterocycles. The summed E-state index contributed by atoms with van der Waals surface area (Å²) in [7, 11) is 3.13. The Balaban J connectivity index is 1.65. The van der Waals surface area contributed by atoms with Gasteiger partial charge in [-0.2, -0.15) is 0 Å². The maximum Gasteiger partial charge on any atom is 0.233 e. The Morgan fingerprint density at radius 2 is 2.07 bits per heavy atom. The maximum absolute atomic E-state index is 13.9. The average Bonchev–Trinajstić information content (AvgIpc) is 3.16. The molecule has 0 bridgehead atoms. The summed E-state index contributed by atoms with van der Waals surface area (Å²) in [6.07, 6.45) is 3.64. The highest BCUT2D eigenvalue weighted by atomic mass is 32.2. The van der Waals surface area contributed by atoms with Crippen molar-refractivity contribution in [2.45, 2.75) is 25.5 Å². The lowest BCUT2D eigenvalue weighted by Gasteiger charge is -2.18. The Labute approximate surface area is 174 Å². The van der Waals surface area contributed by atoms with Gasteiger partial charge in [-0.25, -0.2) is 9.37 Å². The van der Waals surface area contributed by atoms with Gasteiger partial charge >= 0.3 is 0 Å². The fourth-order valence-corrected chi connectivity index (χ4v) is 3.89. The highest BCUT2D eigenvalue weighted by Gasteiger charge is 2.15. The number of carbonyl (C=O) groups is 1. The molecule has 3 rings (SSSR count). The minimum Gasteiger partial charge on any atom is -0.494 e. The van der Waals surface area contributed by atoms with Crippen LogP contribution in [0.5, 0.6) is 5.75 Å². The molecule has 0 N–H and O–H groups in total. The summed E-state index contributed by atoms with van der Waals surface area (Å²) in [5.41, 5.74) is 4.15. The zero-order valence-corrected chi connectivity index (χ0v) is 17.8. The van der Waals surface area contributed by atoms with Crippen molar-refractivity contribution in [1.82, 2.24) is 14.5 Å². The van der Waals surface area contributed by atoms with Crippen LogP contribution in [-0.2, 0) is 11.3 Å². The molecule has 29 heavy (non-hydrogen) atoms. The molecule has 0 radical (unpaired) electrons. The fourth-order valence-electron chi connectivity index (χ4n) is 2.98. The summed E-state index contributed by atoms with van der Waals surface area (Å²) in [5, 5.41) is 0.760. The molecule has 0 spiro atoms. The molecule has 152 valence electrons. The summed E-state index contributed by atoms with van der Waals surface area (Å²) in [6.45, 7) is 4.47. The third kappa shape index (κ3) is 4.79. The van der Waals surface area contributed by atoms with E-state index in [0.717, 1.165) is 10.8 Å². The quantitative estimate of drug-likeness (QED) is 0.539. The van der Waals surface area contributed by atoms with Crippen LogP contribution in [0.25, 0.3) is 5.69 Å². The highest BCUT2D eigenvalue weighted by Crippen LogP contribution is 2.25. The Kier molecular flexibility index (Phi) is 6.59. The zero-order valence-electron chi connectivity index (χ0n) is 17.0. The third-order valence-corrected chi connectivity index (χ3v) is 5.78. The number of aryl methyl sites for hydroxylation is 1. The minimum absolute atomic E-state index is 0.0539. The lowest BCUT2D eigenvalue weighted by atomic mass is 10.1. The third-order valence-electron chi connectivity index (χ3n) is 4.83. The second-order valence-corrected chi connectivity index (χ2v) is 7.75. The summed E-state index contributed by atoms with van der Waals surface area (Å²) in [6, 6.07) is 10.8. The molecule has 0 atom stereocenters. The van der Waals surface area contributed by atoms with Crippen LogP contribution in [0.2, 0.25) is 0 Å². The minimum atomic E-state index is -0.434. The van der Waals surface area contributed by atoms with Gasteiger partial charge in [-0.1, -0.05) is 30.0 Å². The van der Waals surface area contributed by atoms with Gasteiger partial charge in [-0.3, -0.25) is 9.36 Å². The smallest absolute Gasteiger partial charge is 0.233 e. The maximum atomic E-state index is 13.9. The second-order valence-electron chi connectivity index (χ2n) is 6.81. The highest BCUT2D eigenvalue weighted by molar-refractivity contribution is 7.99. The van der Waals surface area contributed by atoms with E-state index in [1.54, 1.807) is 30.3 Å². The number of aromatic nitrogens is 2. The number of hydrogen-bond acceptors (Lipinski definition) is 4. The number of nitrogens with zero attached hydrogens (tertiary/aromatic N) is 3. The number of imidazole rings is 1. The molecule has 0 fully saturated rings. The Morgan fingerprint density at radius 3 is 2.79 bits per heavy atom. The van der Waals surface area contributed by atoms with Gasteiger partial charge in [0.1, 0.15) is 0 Å². The van der Waals surface area contributed by atoms with Gasteiger partial charge in [0.2, 0.25) is 5.91 Å². The van der Waals surface area contributed by atoms with E-state index in [9.17, 15) is 9.18 Å². The SMILES string of the molecule is COc1ccc(CN(C)C(=O)CSc2nccn2-c2cccc(C)c2C)cc1F. The molecule has 1 heterocycles. The van der Waals surface area contributed by atoms with Crippen molar-refractivity contribution in [2.24, 2.45) is 0 Å². The number of thioether (sulfide) groups is 1. The zero-order chi connectivity index (χ0) is 21.0. The number of rotatable bonds is 7. The number of hydrogen-bond donors (Lipinski definition) is 0. The number of halogens is 1. The van der Waals surface area contributed by atoms with E-state index in [1.165, 1.54) is 36.1 Å². The molecule has 7 heteroatoms. The van der Waals surface area contributed by atoms with E-state index in [-0.39, 0.29) is 17.4 Å². The van der Waals surface area contributed by atoms with E-state index < -0.39 is 5.82 Å². The normalized spacial score (nSPS) is 10.8. The van der Waals surface area contributed by atoms with E-state index in [0.29, 0.717) is 12.1 Å². The van der Waals surface area contributed by atoms with Crippen molar-refractivity contribution in [1.29, 1.82) is 0 Å². The molecular formula is C22H24FN3O2S. The van der Waals surface area contributed by atoms with Crippen LogP contribution in [-0.4, -0.2) is 40.3 Å². The molecule has 5 nitrogen and oxygen atoms in total. The van der Waals surface area contributed by atoms with Gasteiger partial charge in [0, 0.05) is 26.0 Å². The second kappa shape index (κ2) is 9.13. The number of methoxy groups -OCH3 is 1. The van der Waals surface area contributed by atoms with Crippen LogP contribution >= 0.6 is 11.8 Å². The first-order valence-electron chi connectivity index (χ1n) is 9.20. The molecule has 0 saturated carbocycles. The Morgan fingerprint density at radius 1 is 1.28 bits per heavy atom. The molecule has 1 aromatic heterocycles. The van der Waals surface area contributed by atoms with Gasteiger partial charge in [0.05, 0.1) is 18.6 Å². The molecule has 0 aliphatic carbocycles. The van der Waals surface area contributed by atoms with Crippen LogP contribution in [0.3, 0.4) is 0 Å². The molecule has 0 saturated heterocycles. The van der Waals surface area contributed by atoms with Crippen molar-refractivity contribution < 1.29 is 13.9 Å².